The smallest absolute Gasteiger partial charge is 0.378 e. The Balaban J connectivity index is 1.27. The fourth-order valence-electron chi connectivity index (χ4n) is 5.06. The van der Waals surface area contributed by atoms with Crippen LogP contribution in [-0.2, 0) is 17.8 Å². The Morgan fingerprint density at radius 2 is 1.88 bits per heavy atom. The summed E-state index contributed by atoms with van der Waals surface area (Å²) in [4.78, 5) is 16.9. The van der Waals surface area contributed by atoms with E-state index in [0.717, 1.165) is 17.3 Å². The number of H-pyrrole nitrogens is 1. The summed E-state index contributed by atoms with van der Waals surface area (Å²) in [5.41, 5.74) is 0.606. The van der Waals surface area contributed by atoms with Crippen LogP contribution in [0.5, 0.6) is 0 Å². The number of piperidine rings is 1. The molecule has 2 saturated heterocycles. The summed E-state index contributed by atoms with van der Waals surface area (Å²) in [5, 5.41) is 7.13. The van der Waals surface area contributed by atoms with Crippen LogP contribution in [0.4, 0.5) is 22.0 Å². The van der Waals surface area contributed by atoms with Gasteiger partial charge in [0, 0.05) is 37.7 Å². The van der Waals surface area contributed by atoms with Crippen molar-refractivity contribution in [1.29, 1.82) is 0 Å². The van der Waals surface area contributed by atoms with E-state index in [2.05, 4.69) is 15.1 Å². The second kappa shape index (κ2) is 8.35. The van der Waals surface area contributed by atoms with Crippen molar-refractivity contribution in [3.8, 4) is 0 Å². The SMILES string of the molecule is O=C(c1n[nH]c2c1CN(C1COC1)C2)N1CCC(C2C=CC=C(F)C(F)=C2C(F)(F)F)CC1. The van der Waals surface area contributed by atoms with Gasteiger partial charge in [0.1, 0.15) is 0 Å². The van der Waals surface area contributed by atoms with Crippen molar-refractivity contribution in [2.24, 2.45) is 11.8 Å². The molecule has 0 radical (unpaired) electrons. The Bertz CT molecular complexity index is 1030. The maximum Gasteiger partial charge on any atom is 0.416 e. The highest BCUT2D eigenvalue weighted by Crippen LogP contribution is 2.44. The molecule has 178 valence electrons. The van der Waals surface area contributed by atoms with Gasteiger partial charge in [-0.15, -0.1) is 0 Å². The lowest BCUT2D eigenvalue weighted by Gasteiger charge is -2.36. The van der Waals surface area contributed by atoms with Gasteiger partial charge in [-0.25, -0.2) is 8.78 Å². The highest BCUT2D eigenvalue weighted by atomic mass is 19.4. The summed E-state index contributed by atoms with van der Waals surface area (Å²) in [5.74, 6) is -5.52. The predicted molar refractivity (Wildman–Crippen MR) is 107 cm³/mol. The molecule has 1 aromatic rings. The Kier molecular flexibility index (Phi) is 5.64. The summed E-state index contributed by atoms with van der Waals surface area (Å²) >= 11 is 0. The van der Waals surface area contributed by atoms with Crippen LogP contribution >= 0.6 is 0 Å². The van der Waals surface area contributed by atoms with E-state index in [9.17, 15) is 26.7 Å². The van der Waals surface area contributed by atoms with E-state index < -0.39 is 35.2 Å². The lowest BCUT2D eigenvalue weighted by atomic mass is 9.79. The maximum atomic E-state index is 14.2. The van der Waals surface area contributed by atoms with Crippen molar-refractivity contribution >= 4 is 5.91 Å². The predicted octanol–water partition coefficient (Wildman–Crippen LogP) is 3.80. The summed E-state index contributed by atoms with van der Waals surface area (Å²) in [6.45, 7) is 3.04. The van der Waals surface area contributed by atoms with Crippen LogP contribution in [0.2, 0.25) is 0 Å². The first-order chi connectivity index (χ1) is 15.7. The molecule has 4 heterocycles. The topological polar surface area (TPSA) is 61.5 Å². The number of allylic oxidation sites excluding steroid dienone is 6. The van der Waals surface area contributed by atoms with E-state index in [0.29, 0.717) is 44.1 Å². The number of carbonyl (C=O) groups is 1. The molecule has 11 heteroatoms. The Labute approximate surface area is 186 Å². The lowest BCUT2D eigenvalue weighted by molar-refractivity contribution is -0.102. The van der Waals surface area contributed by atoms with Gasteiger partial charge in [-0.3, -0.25) is 14.8 Å². The zero-order valence-electron chi connectivity index (χ0n) is 17.7. The van der Waals surface area contributed by atoms with Gasteiger partial charge in [-0.2, -0.15) is 18.3 Å². The minimum atomic E-state index is -4.99. The van der Waals surface area contributed by atoms with Crippen LogP contribution in [0.25, 0.3) is 0 Å². The molecule has 5 rings (SSSR count). The molecule has 1 unspecified atom stereocenters. The molecular formula is C22H23F5N4O2. The number of ether oxygens (including phenoxy) is 1. The van der Waals surface area contributed by atoms with Crippen LogP contribution in [0.1, 0.15) is 34.6 Å². The van der Waals surface area contributed by atoms with Gasteiger partial charge in [-0.1, -0.05) is 12.2 Å². The van der Waals surface area contributed by atoms with Crippen LogP contribution in [0.3, 0.4) is 0 Å². The minimum Gasteiger partial charge on any atom is -0.378 e. The van der Waals surface area contributed by atoms with Crippen LogP contribution in [0, 0.1) is 11.8 Å². The zero-order valence-corrected chi connectivity index (χ0v) is 17.7. The molecule has 0 bridgehead atoms. The molecule has 1 atom stereocenters. The minimum absolute atomic E-state index is 0.221. The number of fused-ring (bicyclic) bond motifs is 1. The van der Waals surface area contributed by atoms with Crippen molar-refractivity contribution < 1.29 is 31.5 Å². The standard InChI is InChI=1S/C22H23F5N4O2/c23-16-3-1-2-14(18(19(16)24)22(25,26)27)12-4-6-30(7-5-12)21(32)20-15-8-31(13-10-33-11-13)9-17(15)28-29-20/h1-3,12-14H,4-11H2,(H,28,29). The second-order valence-electron chi connectivity index (χ2n) is 8.91. The summed E-state index contributed by atoms with van der Waals surface area (Å²) in [6.07, 6.45) is -1.47. The molecule has 1 aliphatic carbocycles. The molecule has 1 aromatic heterocycles. The van der Waals surface area contributed by atoms with Crippen molar-refractivity contribution in [2.45, 2.75) is 38.1 Å². The Morgan fingerprint density at radius 1 is 1.15 bits per heavy atom. The van der Waals surface area contributed by atoms with Crippen LogP contribution in [-0.4, -0.2) is 64.4 Å². The Morgan fingerprint density at radius 3 is 2.52 bits per heavy atom. The van der Waals surface area contributed by atoms with E-state index in [1.54, 1.807) is 4.90 Å². The third kappa shape index (κ3) is 4.01. The van der Waals surface area contributed by atoms with Crippen molar-refractivity contribution in [1.82, 2.24) is 20.0 Å². The van der Waals surface area contributed by atoms with Crippen molar-refractivity contribution in [3.05, 3.63) is 52.4 Å². The Hall–Kier alpha value is -2.53. The fraction of sp³-hybridized carbons (Fsp3) is 0.545. The monoisotopic (exact) mass is 470 g/mol. The first-order valence-corrected chi connectivity index (χ1v) is 10.9. The van der Waals surface area contributed by atoms with Gasteiger partial charge < -0.3 is 9.64 Å². The molecule has 0 aromatic carbocycles. The zero-order chi connectivity index (χ0) is 23.3. The average Bonchev–Trinajstić information content (AvgIpc) is 3.26. The first kappa shape index (κ1) is 22.3. The quantitative estimate of drug-likeness (QED) is 0.683. The van der Waals surface area contributed by atoms with E-state index in [4.69, 9.17) is 4.74 Å². The molecule has 4 aliphatic rings. The van der Waals surface area contributed by atoms with Gasteiger partial charge in [0.15, 0.2) is 17.3 Å². The fourth-order valence-corrected chi connectivity index (χ4v) is 5.06. The number of hydrogen-bond acceptors (Lipinski definition) is 4. The third-order valence-electron chi connectivity index (χ3n) is 7.00. The number of alkyl halides is 3. The van der Waals surface area contributed by atoms with Gasteiger partial charge in [0.05, 0.1) is 30.5 Å². The molecule has 2 fully saturated rings. The number of hydrogen-bond donors (Lipinski definition) is 1. The van der Waals surface area contributed by atoms with E-state index >= 15 is 0 Å². The second-order valence-corrected chi connectivity index (χ2v) is 8.91. The molecule has 1 N–H and O–H groups in total. The summed E-state index contributed by atoms with van der Waals surface area (Å²) in [7, 11) is 0. The van der Waals surface area contributed by atoms with Crippen LogP contribution < -0.4 is 0 Å². The number of carbonyl (C=O) groups excluding carboxylic acids is 1. The number of nitrogens with zero attached hydrogens (tertiary/aromatic N) is 3. The van der Waals surface area contributed by atoms with Crippen molar-refractivity contribution in [3.63, 3.8) is 0 Å². The number of rotatable bonds is 3. The lowest BCUT2D eigenvalue weighted by Crippen LogP contribution is -2.46. The molecule has 3 aliphatic heterocycles. The van der Waals surface area contributed by atoms with Crippen LogP contribution in [0.15, 0.2) is 35.5 Å². The third-order valence-corrected chi connectivity index (χ3v) is 7.00. The molecule has 1 amide bonds. The average molecular weight is 470 g/mol. The van der Waals surface area contributed by atoms with E-state index in [-0.39, 0.29) is 31.8 Å². The number of amides is 1. The summed E-state index contributed by atoms with van der Waals surface area (Å²) in [6, 6.07) is 0.327. The highest BCUT2D eigenvalue weighted by Gasteiger charge is 2.46. The maximum absolute atomic E-state index is 14.2. The van der Waals surface area contributed by atoms with Crippen molar-refractivity contribution in [2.75, 3.05) is 26.3 Å². The van der Waals surface area contributed by atoms with Gasteiger partial charge in [-0.05, 0) is 24.8 Å². The summed E-state index contributed by atoms with van der Waals surface area (Å²) < 4.78 is 73.9. The van der Waals surface area contributed by atoms with Gasteiger partial charge >= 0.3 is 6.18 Å². The van der Waals surface area contributed by atoms with Gasteiger partial charge in [0.25, 0.3) is 5.91 Å². The van der Waals surface area contributed by atoms with E-state index in [1.807, 2.05) is 0 Å². The molecule has 0 spiro atoms. The first-order valence-electron chi connectivity index (χ1n) is 10.9. The number of halogens is 5. The number of nitrogens with one attached hydrogen (secondary N) is 1. The number of aromatic nitrogens is 2. The van der Waals surface area contributed by atoms with Gasteiger partial charge in [0.2, 0.25) is 0 Å². The van der Waals surface area contributed by atoms with E-state index in [1.165, 1.54) is 6.08 Å². The molecule has 33 heavy (non-hydrogen) atoms. The number of likely N-dealkylation sites (tertiary alicyclic amines) is 1. The highest BCUT2D eigenvalue weighted by molar-refractivity contribution is 5.94. The largest absolute Gasteiger partial charge is 0.416 e. The molecule has 6 nitrogen and oxygen atoms in total. The normalized spacial score (nSPS) is 25.2. The molecule has 0 saturated carbocycles. The molecular weight excluding hydrogens is 447 g/mol. The number of aromatic amines is 1.